The number of piperazine rings is 1. The fourth-order valence-electron chi connectivity index (χ4n) is 3.53. The van der Waals surface area contributed by atoms with Crippen LogP contribution in [0.15, 0.2) is 18.5 Å². The molecule has 1 fully saturated rings. The van der Waals surface area contributed by atoms with E-state index < -0.39 is 12.0 Å². The summed E-state index contributed by atoms with van der Waals surface area (Å²) in [4.78, 5) is 51.3. The molecule has 0 bridgehead atoms. The Bertz CT molecular complexity index is 1050. The summed E-state index contributed by atoms with van der Waals surface area (Å²) in [5, 5.41) is 19.9. The highest BCUT2D eigenvalue weighted by Gasteiger charge is 2.29. The molecule has 0 aliphatic carbocycles. The van der Waals surface area contributed by atoms with E-state index in [1.54, 1.807) is 36.8 Å². The first-order valence-corrected chi connectivity index (χ1v) is 11.0. The number of hydrogen-bond acceptors (Lipinski definition) is 7. The van der Waals surface area contributed by atoms with Crippen LogP contribution >= 0.6 is 0 Å². The van der Waals surface area contributed by atoms with Crippen molar-refractivity contribution in [3.05, 3.63) is 29.8 Å². The molecule has 1 aliphatic heterocycles. The van der Waals surface area contributed by atoms with Gasteiger partial charge in [-0.15, -0.1) is 0 Å². The van der Waals surface area contributed by atoms with Crippen LogP contribution in [0.25, 0.3) is 0 Å². The molecule has 2 aromatic heterocycles. The molecule has 1 aliphatic rings. The van der Waals surface area contributed by atoms with Crippen molar-refractivity contribution in [2.24, 2.45) is 0 Å². The van der Waals surface area contributed by atoms with Gasteiger partial charge in [-0.3, -0.25) is 19.0 Å². The van der Waals surface area contributed by atoms with Crippen LogP contribution in [0.4, 0.5) is 10.5 Å². The highest BCUT2D eigenvalue weighted by atomic mass is 16.6. The topological polar surface area (TPSA) is 152 Å². The van der Waals surface area contributed by atoms with E-state index in [0.717, 1.165) is 0 Å². The van der Waals surface area contributed by atoms with E-state index in [1.165, 1.54) is 21.6 Å². The van der Waals surface area contributed by atoms with Gasteiger partial charge in [-0.1, -0.05) is 0 Å². The smallest absolute Gasteiger partial charge is 0.409 e. The Hall–Kier alpha value is -3.90. The van der Waals surface area contributed by atoms with Gasteiger partial charge >= 0.3 is 12.1 Å². The number of amides is 3. The molecule has 1 unspecified atom stereocenters. The lowest BCUT2D eigenvalue weighted by molar-refractivity contribution is -0.136. The summed E-state index contributed by atoms with van der Waals surface area (Å²) in [6.07, 6.45) is 2.83. The van der Waals surface area contributed by atoms with Crippen molar-refractivity contribution in [3.63, 3.8) is 0 Å². The number of carbonyl (C=O) groups is 4. The molecule has 13 heteroatoms. The molecule has 13 nitrogen and oxygen atoms in total. The van der Waals surface area contributed by atoms with E-state index in [-0.39, 0.29) is 36.6 Å². The lowest BCUT2D eigenvalue weighted by Crippen LogP contribution is -2.52. The molecule has 0 radical (unpaired) electrons. The second kappa shape index (κ2) is 10.8. The van der Waals surface area contributed by atoms with Crippen LogP contribution in [0.1, 0.15) is 42.5 Å². The monoisotopic (exact) mass is 475 g/mol. The number of aromatic nitrogens is 4. The minimum absolute atomic E-state index is 0.0847. The summed E-state index contributed by atoms with van der Waals surface area (Å²) in [6, 6.07) is 0.779. The molecular weight excluding hydrogens is 446 g/mol. The van der Waals surface area contributed by atoms with E-state index in [2.05, 4.69) is 15.5 Å². The van der Waals surface area contributed by atoms with Crippen molar-refractivity contribution in [2.75, 3.05) is 38.1 Å². The Kier molecular flexibility index (Phi) is 7.87. The number of carboxylic acid groups (broad SMARTS) is 1. The molecule has 34 heavy (non-hydrogen) atoms. The Morgan fingerprint density at radius 3 is 2.44 bits per heavy atom. The van der Waals surface area contributed by atoms with Gasteiger partial charge in [-0.25, -0.2) is 9.59 Å². The number of carboxylic acids is 1. The fraction of sp³-hybridized carbons (Fsp3) is 0.524. The van der Waals surface area contributed by atoms with Gasteiger partial charge in [0.15, 0.2) is 5.69 Å². The largest absolute Gasteiger partial charge is 0.476 e. The van der Waals surface area contributed by atoms with Gasteiger partial charge in [0.2, 0.25) is 11.8 Å². The van der Waals surface area contributed by atoms with Gasteiger partial charge in [0.25, 0.3) is 0 Å². The van der Waals surface area contributed by atoms with E-state index >= 15 is 0 Å². The molecule has 1 saturated heterocycles. The van der Waals surface area contributed by atoms with Gasteiger partial charge in [-0.05, 0) is 26.8 Å². The van der Waals surface area contributed by atoms with E-state index in [0.29, 0.717) is 44.2 Å². The number of aromatic carboxylic acids is 1. The Morgan fingerprint density at radius 2 is 1.82 bits per heavy atom. The summed E-state index contributed by atoms with van der Waals surface area (Å²) < 4.78 is 7.90. The average Bonchev–Trinajstić information content (AvgIpc) is 3.44. The lowest BCUT2D eigenvalue weighted by atomic mass is 10.2. The zero-order chi connectivity index (χ0) is 24.8. The zero-order valence-corrected chi connectivity index (χ0v) is 19.4. The standard InChI is InChI=1S/C21H29N7O6/c1-4-34-21(33)26-11-9-25(10-12-26)19(30)15(3)28-13-17(14(2)23-28)22-18(29)6-8-27-7-5-16(24-27)20(31)32/h5,7,13,15H,4,6,8-12H2,1-3H3,(H,22,29)(H,31,32). The van der Waals surface area contributed by atoms with Gasteiger partial charge < -0.3 is 25.0 Å². The number of anilines is 1. The minimum atomic E-state index is -1.13. The molecule has 3 amide bonds. The van der Waals surface area contributed by atoms with Crippen molar-refractivity contribution in [1.29, 1.82) is 0 Å². The predicted molar refractivity (Wildman–Crippen MR) is 119 cm³/mol. The second-order valence-electron chi connectivity index (χ2n) is 7.86. The first-order valence-electron chi connectivity index (χ1n) is 11.0. The molecule has 3 rings (SSSR count). The van der Waals surface area contributed by atoms with Crippen LogP contribution in [0.2, 0.25) is 0 Å². The summed E-state index contributed by atoms with van der Waals surface area (Å²) in [5.74, 6) is -1.54. The summed E-state index contributed by atoms with van der Waals surface area (Å²) >= 11 is 0. The number of nitrogens with zero attached hydrogens (tertiary/aromatic N) is 6. The third kappa shape index (κ3) is 5.91. The predicted octanol–water partition coefficient (Wildman–Crippen LogP) is 0.977. The Morgan fingerprint density at radius 1 is 1.15 bits per heavy atom. The van der Waals surface area contributed by atoms with Gasteiger partial charge in [-0.2, -0.15) is 10.2 Å². The molecule has 184 valence electrons. The van der Waals surface area contributed by atoms with Crippen molar-refractivity contribution >= 4 is 29.6 Å². The fourth-order valence-corrected chi connectivity index (χ4v) is 3.53. The summed E-state index contributed by atoms with van der Waals surface area (Å²) in [7, 11) is 0. The van der Waals surface area contributed by atoms with E-state index in [9.17, 15) is 19.2 Å². The number of nitrogens with one attached hydrogen (secondary N) is 1. The van der Waals surface area contributed by atoms with Crippen molar-refractivity contribution in [2.45, 2.75) is 39.8 Å². The molecule has 0 spiro atoms. The van der Waals surface area contributed by atoms with Crippen LogP contribution in [-0.4, -0.2) is 91.1 Å². The van der Waals surface area contributed by atoms with E-state index in [4.69, 9.17) is 9.84 Å². The molecule has 2 N–H and O–H groups in total. The molecule has 2 aromatic rings. The van der Waals surface area contributed by atoms with Crippen LogP contribution in [0.3, 0.4) is 0 Å². The number of carbonyl (C=O) groups excluding carboxylic acids is 3. The van der Waals surface area contributed by atoms with Crippen molar-refractivity contribution < 1.29 is 29.0 Å². The second-order valence-corrected chi connectivity index (χ2v) is 7.86. The number of ether oxygens (including phenoxy) is 1. The quantitative estimate of drug-likeness (QED) is 0.573. The first-order chi connectivity index (χ1) is 16.2. The molecule has 0 aromatic carbocycles. The van der Waals surface area contributed by atoms with Gasteiger partial charge in [0, 0.05) is 51.5 Å². The van der Waals surface area contributed by atoms with E-state index in [1.807, 2.05) is 0 Å². The normalized spacial score (nSPS) is 14.6. The Labute approximate surface area is 196 Å². The third-order valence-electron chi connectivity index (χ3n) is 5.49. The van der Waals surface area contributed by atoms with Crippen molar-refractivity contribution in [1.82, 2.24) is 29.4 Å². The number of rotatable bonds is 8. The van der Waals surface area contributed by atoms with Crippen molar-refractivity contribution in [3.8, 4) is 0 Å². The highest BCUT2D eigenvalue weighted by molar-refractivity contribution is 5.91. The third-order valence-corrected chi connectivity index (χ3v) is 5.49. The van der Waals surface area contributed by atoms with Crippen LogP contribution in [-0.2, 0) is 20.9 Å². The lowest BCUT2D eigenvalue weighted by Gasteiger charge is -2.35. The maximum absolute atomic E-state index is 12.9. The average molecular weight is 476 g/mol. The highest BCUT2D eigenvalue weighted by Crippen LogP contribution is 2.19. The number of aryl methyl sites for hydroxylation is 2. The molecule has 3 heterocycles. The maximum Gasteiger partial charge on any atom is 0.409 e. The van der Waals surface area contributed by atoms with Crippen LogP contribution in [0.5, 0.6) is 0 Å². The maximum atomic E-state index is 12.9. The zero-order valence-electron chi connectivity index (χ0n) is 19.4. The first kappa shape index (κ1) is 24.7. The number of hydrogen-bond donors (Lipinski definition) is 2. The van der Waals surface area contributed by atoms with Gasteiger partial charge in [0.1, 0.15) is 6.04 Å². The van der Waals surface area contributed by atoms with Crippen LogP contribution in [0, 0.1) is 6.92 Å². The molecular formula is C21H29N7O6. The Balaban J connectivity index is 1.53. The minimum Gasteiger partial charge on any atom is -0.476 e. The SMILES string of the molecule is CCOC(=O)N1CCN(C(=O)C(C)n2cc(NC(=O)CCn3ccc(C(=O)O)n3)c(C)n2)CC1. The molecule has 0 saturated carbocycles. The van der Waals surface area contributed by atoms with Crippen LogP contribution < -0.4 is 5.32 Å². The molecule has 1 atom stereocenters. The van der Waals surface area contributed by atoms with Gasteiger partial charge in [0.05, 0.1) is 18.0 Å². The summed E-state index contributed by atoms with van der Waals surface area (Å²) in [5.41, 5.74) is 0.967. The summed E-state index contributed by atoms with van der Waals surface area (Å²) in [6.45, 7) is 7.36.